The van der Waals surface area contributed by atoms with Crippen molar-refractivity contribution in [1.82, 2.24) is 5.43 Å². The van der Waals surface area contributed by atoms with E-state index in [1.165, 1.54) is 29.7 Å². The highest BCUT2D eigenvalue weighted by Gasteiger charge is 2.50. The molecule has 1 N–H and O–H groups in total. The molecule has 2 saturated carbocycles. The molecule has 0 radical (unpaired) electrons. The van der Waals surface area contributed by atoms with Crippen molar-refractivity contribution >= 4 is 11.9 Å². The number of rotatable bonds is 5. The fraction of sp³-hybridized carbons (Fsp3) is 0.526. The van der Waals surface area contributed by atoms with Gasteiger partial charge in [0, 0.05) is 33.0 Å². The van der Waals surface area contributed by atoms with Crippen molar-refractivity contribution in [2.24, 2.45) is 28.8 Å². The first-order chi connectivity index (χ1) is 11.3. The maximum Gasteiger partial charge on any atom is 0.0713 e. The summed E-state index contributed by atoms with van der Waals surface area (Å²) < 4.78 is 10.6. The molecule has 23 heavy (non-hydrogen) atoms. The SMILES string of the molecule is COCc1ccc(C2=C3C(C=NN2)C2CC(COC)C3C2)cc1. The van der Waals surface area contributed by atoms with Gasteiger partial charge in [0.05, 0.1) is 12.3 Å². The molecule has 4 rings (SSSR count). The van der Waals surface area contributed by atoms with Crippen molar-refractivity contribution in [1.29, 1.82) is 0 Å². The Morgan fingerprint density at radius 2 is 1.96 bits per heavy atom. The average molecular weight is 312 g/mol. The summed E-state index contributed by atoms with van der Waals surface area (Å²) in [5.41, 5.74) is 8.48. The minimum absolute atomic E-state index is 0.517. The Balaban J connectivity index is 1.67. The third-order valence-electron chi connectivity index (χ3n) is 5.63. The maximum absolute atomic E-state index is 5.45. The Bertz CT molecular complexity index is 635. The van der Waals surface area contributed by atoms with Crippen molar-refractivity contribution in [3.8, 4) is 0 Å². The van der Waals surface area contributed by atoms with Gasteiger partial charge in [0.2, 0.25) is 0 Å². The number of ether oxygens (including phenoxy) is 2. The van der Waals surface area contributed by atoms with Crippen LogP contribution in [0.25, 0.3) is 5.70 Å². The molecule has 122 valence electrons. The fourth-order valence-electron chi connectivity index (χ4n) is 4.71. The molecular weight excluding hydrogens is 288 g/mol. The molecule has 2 aliphatic carbocycles. The lowest BCUT2D eigenvalue weighted by molar-refractivity contribution is 0.132. The van der Waals surface area contributed by atoms with Crippen LogP contribution >= 0.6 is 0 Å². The molecule has 3 aliphatic rings. The second kappa shape index (κ2) is 6.10. The van der Waals surface area contributed by atoms with Crippen LogP contribution in [0.3, 0.4) is 0 Å². The molecule has 4 atom stereocenters. The highest BCUT2D eigenvalue weighted by Crippen LogP contribution is 2.56. The van der Waals surface area contributed by atoms with E-state index >= 15 is 0 Å². The van der Waals surface area contributed by atoms with Crippen LogP contribution in [-0.2, 0) is 16.1 Å². The van der Waals surface area contributed by atoms with E-state index in [1.807, 2.05) is 7.11 Å². The number of nitrogens with zero attached hydrogens (tertiary/aromatic N) is 1. The fourth-order valence-corrected chi connectivity index (χ4v) is 4.71. The number of allylic oxidation sites excluding steroid dienone is 1. The third kappa shape index (κ3) is 2.50. The molecular formula is C19H24N2O2. The number of hydrogen-bond donors (Lipinski definition) is 1. The Kier molecular flexibility index (Phi) is 3.95. The summed E-state index contributed by atoms with van der Waals surface area (Å²) in [5.74, 6) is 2.55. The number of fused-ring (bicyclic) bond motifs is 5. The Morgan fingerprint density at radius 1 is 1.13 bits per heavy atom. The molecule has 1 aromatic rings. The first kappa shape index (κ1) is 14.9. The van der Waals surface area contributed by atoms with E-state index in [0.29, 0.717) is 24.4 Å². The highest BCUT2D eigenvalue weighted by atomic mass is 16.5. The van der Waals surface area contributed by atoms with Crippen molar-refractivity contribution in [2.75, 3.05) is 20.8 Å². The van der Waals surface area contributed by atoms with Crippen molar-refractivity contribution in [3.63, 3.8) is 0 Å². The first-order valence-corrected chi connectivity index (χ1v) is 8.42. The van der Waals surface area contributed by atoms with E-state index in [9.17, 15) is 0 Å². The third-order valence-corrected chi connectivity index (χ3v) is 5.63. The molecule has 4 heteroatoms. The summed E-state index contributed by atoms with van der Waals surface area (Å²) in [6.07, 6.45) is 4.68. The van der Waals surface area contributed by atoms with Gasteiger partial charge in [-0.05, 0) is 47.3 Å². The number of methoxy groups -OCH3 is 2. The smallest absolute Gasteiger partial charge is 0.0713 e. The van der Waals surface area contributed by atoms with Crippen molar-refractivity contribution < 1.29 is 9.47 Å². The van der Waals surface area contributed by atoms with Gasteiger partial charge in [-0.3, -0.25) is 5.43 Å². The van der Waals surface area contributed by atoms with Crippen LogP contribution in [0, 0.1) is 23.7 Å². The topological polar surface area (TPSA) is 42.8 Å². The lowest BCUT2D eigenvalue weighted by atomic mass is 9.76. The van der Waals surface area contributed by atoms with E-state index in [2.05, 4.69) is 41.0 Å². The second-order valence-corrected chi connectivity index (χ2v) is 6.93. The minimum Gasteiger partial charge on any atom is -0.384 e. The summed E-state index contributed by atoms with van der Waals surface area (Å²) in [6, 6.07) is 8.64. The van der Waals surface area contributed by atoms with E-state index in [1.54, 1.807) is 12.7 Å². The van der Waals surface area contributed by atoms with Gasteiger partial charge in [0.1, 0.15) is 0 Å². The van der Waals surface area contributed by atoms with Gasteiger partial charge >= 0.3 is 0 Å². The zero-order valence-electron chi connectivity index (χ0n) is 13.8. The molecule has 0 saturated heterocycles. The normalized spacial score (nSPS) is 31.4. The van der Waals surface area contributed by atoms with Crippen LogP contribution in [0.2, 0.25) is 0 Å². The first-order valence-electron chi connectivity index (χ1n) is 8.42. The highest BCUT2D eigenvalue weighted by molar-refractivity contribution is 5.80. The quantitative estimate of drug-likeness (QED) is 0.909. The molecule has 1 heterocycles. The Labute approximate surface area is 137 Å². The average Bonchev–Trinajstić information content (AvgIpc) is 3.15. The van der Waals surface area contributed by atoms with Crippen molar-refractivity contribution in [2.45, 2.75) is 19.4 Å². The van der Waals surface area contributed by atoms with Crippen molar-refractivity contribution in [3.05, 3.63) is 41.0 Å². The van der Waals surface area contributed by atoms with Gasteiger partial charge in [-0.1, -0.05) is 24.3 Å². The van der Waals surface area contributed by atoms with Crippen LogP contribution in [0.15, 0.2) is 34.9 Å². The summed E-state index contributed by atoms with van der Waals surface area (Å²) in [4.78, 5) is 0. The maximum atomic E-state index is 5.45. The van der Waals surface area contributed by atoms with Crippen LogP contribution in [0.4, 0.5) is 0 Å². The lowest BCUT2D eigenvalue weighted by Gasteiger charge is -2.32. The predicted molar refractivity (Wildman–Crippen MR) is 90.8 cm³/mol. The van der Waals surface area contributed by atoms with E-state index in [0.717, 1.165) is 12.5 Å². The van der Waals surface area contributed by atoms with Crippen LogP contribution in [0.1, 0.15) is 24.0 Å². The largest absolute Gasteiger partial charge is 0.384 e. The molecule has 2 bridgehead atoms. The number of hydrogen-bond acceptors (Lipinski definition) is 4. The Morgan fingerprint density at radius 3 is 2.70 bits per heavy atom. The Hall–Kier alpha value is -1.65. The number of nitrogens with one attached hydrogen (secondary N) is 1. The summed E-state index contributed by atoms with van der Waals surface area (Å²) >= 11 is 0. The van der Waals surface area contributed by atoms with Gasteiger partial charge in [0.15, 0.2) is 0 Å². The van der Waals surface area contributed by atoms with Crippen LogP contribution in [-0.4, -0.2) is 27.0 Å². The summed E-state index contributed by atoms with van der Waals surface area (Å²) in [7, 11) is 3.54. The van der Waals surface area contributed by atoms with E-state index in [4.69, 9.17) is 9.47 Å². The zero-order valence-corrected chi connectivity index (χ0v) is 13.8. The number of hydrazone groups is 1. The minimum atomic E-state index is 0.517. The number of benzene rings is 1. The molecule has 0 spiro atoms. The molecule has 0 aromatic heterocycles. The van der Waals surface area contributed by atoms with Gasteiger partial charge in [-0.25, -0.2) is 0 Å². The monoisotopic (exact) mass is 312 g/mol. The molecule has 2 fully saturated rings. The van der Waals surface area contributed by atoms with Gasteiger partial charge < -0.3 is 9.47 Å². The molecule has 0 amide bonds. The zero-order chi connectivity index (χ0) is 15.8. The molecule has 1 aromatic carbocycles. The lowest BCUT2D eigenvalue weighted by Crippen LogP contribution is -2.30. The van der Waals surface area contributed by atoms with Crippen LogP contribution in [0.5, 0.6) is 0 Å². The van der Waals surface area contributed by atoms with Gasteiger partial charge in [-0.15, -0.1) is 0 Å². The second-order valence-electron chi connectivity index (χ2n) is 6.93. The predicted octanol–water partition coefficient (Wildman–Crippen LogP) is 3.05. The summed E-state index contributed by atoms with van der Waals surface area (Å²) in [6.45, 7) is 1.52. The standard InChI is InChI=1S/C19H24N2O2/c1-22-10-12-3-5-13(6-4-12)19-18-16-8-14(7-15(16)11-23-2)17(18)9-20-21-19/h3-6,9,14-17,21H,7-8,10-11H2,1-2H3. The molecule has 1 aliphatic heterocycles. The molecule has 4 nitrogen and oxygen atoms in total. The van der Waals surface area contributed by atoms with E-state index < -0.39 is 0 Å². The molecule has 4 unspecified atom stereocenters. The van der Waals surface area contributed by atoms with E-state index in [-0.39, 0.29) is 0 Å². The van der Waals surface area contributed by atoms with Crippen LogP contribution < -0.4 is 5.43 Å². The summed E-state index contributed by atoms with van der Waals surface area (Å²) in [5, 5.41) is 4.44. The van der Waals surface area contributed by atoms with Gasteiger partial charge in [0.25, 0.3) is 0 Å². The van der Waals surface area contributed by atoms with Gasteiger partial charge in [-0.2, -0.15) is 5.10 Å².